The normalized spacial score (nSPS) is 20.8. The fourth-order valence-electron chi connectivity index (χ4n) is 2.06. The predicted molar refractivity (Wildman–Crippen MR) is 73.2 cm³/mol. The molecule has 2 rings (SSSR count). The summed E-state index contributed by atoms with van der Waals surface area (Å²) in [7, 11) is -3.66. The molecule has 1 aromatic carbocycles. The van der Waals surface area contributed by atoms with Crippen LogP contribution in [0.15, 0.2) is 18.2 Å². The van der Waals surface area contributed by atoms with Gasteiger partial charge < -0.3 is 5.32 Å². The molecule has 0 saturated carbocycles. The van der Waals surface area contributed by atoms with Crippen molar-refractivity contribution in [2.45, 2.75) is 18.7 Å². The lowest BCUT2D eigenvalue weighted by Gasteiger charge is -2.31. The van der Waals surface area contributed by atoms with Gasteiger partial charge in [0.2, 0.25) is 15.9 Å². The Morgan fingerprint density at radius 1 is 1.50 bits per heavy atom. The van der Waals surface area contributed by atoms with Crippen LogP contribution in [0.1, 0.15) is 12.5 Å². The van der Waals surface area contributed by atoms with Crippen LogP contribution in [-0.4, -0.2) is 37.8 Å². The number of carbonyl (C=O) groups excluding carboxylic acids is 1. The van der Waals surface area contributed by atoms with E-state index in [0.717, 1.165) is 10.4 Å². The summed E-state index contributed by atoms with van der Waals surface area (Å²) < 4.78 is 38.8. The number of hydrogen-bond acceptors (Lipinski definition) is 3. The quantitative estimate of drug-likeness (QED) is 0.908. The van der Waals surface area contributed by atoms with E-state index in [-0.39, 0.29) is 29.8 Å². The predicted octanol–water partition coefficient (Wildman–Crippen LogP) is 1.13. The van der Waals surface area contributed by atoms with Crippen molar-refractivity contribution < 1.29 is 17.6 Å². The standard InChI is InChI=1S/C12H14ClFN2O3S/c1-8-12(17)15-4-5-16(8)20(18,19)7-9-2-3-11(14)10(13)6-9/h2-3,6,8H,4-5,7H2,1H3,(H,15,17). The number of nitrogens with zero attached hydrogens (tertiary/aromatic N) is 1. The van der Waals surface area contributed by atoms with Crippen molar-refractivity contribution in [2.24, 2.45) is 0 Å². The zero-order valence-electron chi connectivity index (χ0n) is 10.8. The first-order valence-electron chi connectivity index (χ1n) is 6.02. The Balaban J connectivity index is 2.22. The van der Waals surface area contributed by atoms with Gasteiger partial charge in [-0.05, 0) is 24.6 Å². The number of nitrogens with one attached hydrogen (secondary N) is 1. The molecule has 20 heavy (non-hydrogen) atoms. The molecule has 0 aliphatic carbocycles. The average Bonchev–Trinajstić information content (AvgIpc) is 2.36. The van der Waals surface area contributed by atoms with E-state index in [1.54, 1.807) is 0 Å². The molecule has 8 heteroatoms. The van der Waals surface area contributed by atoms with Gasteiger partial charge >= 0.3 is 0 Å². The molecule has 1 fully saturated rings. The van der Waals surface area contributed by atoms with E-state index in [4.69, 9.17) is 11.6 Å². The first-order chi connectivity index (χ1) is 9.31. The molecule has 1 N–H and O–H groups in total. The van der Waals surface area contributed by atoms with Gasteiger partial charge in [-0.1, -0.05) is 17.7 Å². The largest absolute Gasteiger partial charge is 0.353 e. The second kappa shape index (κ2) is 5.67. The Kier molecular flexibility index (Phi) is 4.31. The summed E-state index contributed by atoms with van der Waals surface area (Å²) in [5.41, 5.74) is 0.384. The van der Waals surface area contributed by atoms with Crippen molar-refractivity contribution in [1.29, 1.82) is 0 Å². The fourth-order valence-corrected chi connectivity index (χ4v) is 3.98. The zero-order valence-corrected chi connectivity index (χ0v) is 12.3. The number of sulfonamides is 1. The van der Waals surface area contributed by atoms with Gasteiger partial charge in [0.15, 0.2) is 0 Å². The van der Waals surface area contributed by atoms with Crippen LogP contribution in [0.4, 0.5) is 4.39 Å². The monoisotopic (exact) mass is 320 g/mol. The van der Waals surface area contributed by atoms with Crippen LogP contribution in [0, 0.1) is 5.82 Å². The number of rotatable bonds is 3. The highest BCUT2D eigenvalue weighted by atomic mass is 35.5. The zero-order chi connectivity index (χ0) is 14.9. The third-order valence-electron chi connectivity index (χ3n) is 3.13. The highest BCUT2D eigenvalue weighted by Crippen LogP contribution is 2.20. The number of hydrogen-bond donors (Lipinski definition) is 1. The number of halogens is 2. The molecule has 1 unspecified atom stereocenters. The van der Waals surface area contributed by atoms with Gasteiger partial charge in [0.05, 0.1) is 10.8 Å². The van der Waals surface area contributed by atoms with Gasteiger partial charge in [-0.25, -0.2) is 12.8 Å². The van der Waals surface area contributed by atoms with Crippen molar-refractivity contribution in [3.63, 3.8) is 0 Å². The summed E-state index contributed by atoms with van der Waals surface area (Å²) in [5, 5.41) is 2.48. The second-order valence-corrected chi connectivity index (χ2v) is 6.91. The van der Waals surface area contributed by atoms with Gasteiger partial charge in [0.1, 0.15) is 11.9 Å². The van der Waals surface area contributed by atoms with Crippen LogP contribution >= 0.6 is 11.6 Å². The van der Waals surface area contributed by atoms with E-state index in [0.29, 0.717) is 5.56 Å². The molecule has 0 aromatic heterocycles. The first kappa shape index (κ1) is 15.2. The Labute approximate surface area is 121 Å². The topological polar surface area (TPSA) is 66.5 Å². The van der Waals surface area contributed by atoms with Crippen molar-refractivity contribution in [3.05, 3.63) is 34.6 Å². The Morgan fingerprint density at radius 3 is 2.85 bits per heavy atom. The molecular formula is C12H14ClFN2O3S. The lowest BCUT2D eigenvalue weighted by Crippen LogP contribution is -2.55. The molecule has 1 aliphatic rings. The fraction of sp³-hybridized carbons (Fsp3) is 0.417. The molecule has 0 bridgehead atoms. The molecule has 0 spiro atoms. The highest BCUT2D eigenvalue weighted by Gasteiger charge is 2.34. The molecule has 1 heterocycles. The third-order valence-corrected chi connectivity index (χ3v) is 5.33. The maximum atomic E-state index is 13.1. The molecule has 110 valence electrons. The Hall–Kier alpha value is -1.18. The molecule has 0 radical (unpaired) electrons. The first-order valence-corrected chi connectivity index (χ1v) is 8.01. The number of carbonyl (C=O) groups is 1. The second-order valence-electron chi connectivity index (χ2n) is 4.58. The van der Waals surface area contributed by atoms with E-state index in [1.807, 2.05) is 0 Å². The maximum Gasteiger partial charge on any atom is 0.238 e. The summed E-state index contributed by atoms with van der Waals surface area (Å²) in [5.74, 6) is -1.24. The van der Waals surface area contributed by atoms with Crippen LogP contribution in [0.25, 0.3) is 0 Å². The number of benzene rings is 1. The molecular weight excluding hydrogens is 307 g/mol. The van der Waals surface area contributed by atoms with Crippen LogP contribution in [0.3, 0.4) is 0 Å². The summed E-state index contributed by atoms with van der Waals surface area (Å²) >= 11 is 5.63. The van der Waals surface area contributed by atoms with Crippen LogP contribution < -0.4 is 5.32 Å². The van der Waals surface area contributed by atoms with Crippen LogP contribution in [-0.2, 0) is 20.6 Å². The SMILES string of the molecule is CC1C(=O)NCCN1S(=O)(=O)Cc1ccc(F)c(Cl)c1. The average molecular weight is 321 g/mol. The van der Waals surface area contributed by atoms with E-state index >= 15 is 0 Å². The summed E-state index contributed by atoms with van der Waals surface area (Å²) in [6.45, 7) is 2.04. The molecule has 1 saturated heterocycles. The van der Waals surface area contributed by atoms with Crippen molar-refractivity contribution in [3.8, 4) is 0 Å². The van der Waals surface area contributed by atoms with E-state index < -0.39 is 21.9 Å². The smallest absolute Gasteiger partial charge is 0.238 e. The van der Waals surface area contributed by atoms with Gasteiger partial charge in [-0.2, -0.15) is 4.31 Å². The minimum Gasteiger partial charge on any atom is -0.353 e. The Bertz CT molecular complexity index is 636. The van der Waals surface area contributed by atoms with Gasteiger partial charge in [-0.15, -0.1) is 0 Å². The van der Waals surface area contributed by atoms with Crippen molar-refractivity contribution in [1.82, 2.24) is 9.62 Å². The molecule has 5 nitrogen and oxygen atoms in total. The van der Waals surface area contributed by atoms with Crippen LogP contribution in [0.2, 0.25) is 5.02 Å². The van der Waals surface area contributed by atoms with Gasteiger partial charge in [0, 0.05) is 13.1 Å². The number of piperazine rings is 1. The molecule has 1 aliphatic heterocycles. The van der Waals surface area contributed by atoms with E-state index in [1.165, 1.54) is 19.1 Å². The summed E-state index contributed by atoms with van der Waals surface area (Å²) in [6.07, 6.45) is 0. The maximum absolute atomic E-state index is 13.1. The van der Waals surface area contributed by atoms with Crippen molar-refractivity contribution in [2.75, 3.05) is 13.1 Å². The molecule has 1 amide bonds. The van der Waals surface area contributed by atoms with Crippen LogP contribution in [0.5, 0.6) is 0 Å². The van der Waals surface area contributed by atoms with Crippen molar-refractivity contribution >= 4 is 27.5 Å². The minimum absolute atomic E-state index is 0.123. The van der Waals surface area contributed by atoms with Gasteiger partial charge in [-0.3, -0.25) is 4.79 Å². The lowest BCUT2D eigenvalue weighted by atomic mass is 10.2. The third kappa shape index (κ3) is 3.11. The van der Waals surface area contributed by atoms with E-state index in [2.05, 4.69) is 5.32 Å². The summed E-state index contributed by atoms with van der Waals surface area (Å²) in [6, 6.07) is 3.03. The minimum atomic E-state index is -3.66. The van der Waals surface area contributed by atoms with Gasteiger partial charge in [0.25, 0.3) is 0 Å². The van der Waals surface area contributed by atoms with E-state index in [9.17, 15) is 17.6 Å². The molecule has 1 atom stereocenters. The summed E-state index contributed by atoms with van der Waals surface area (Å²) in [4.78, 5) is 11.5. The lowest BCUT2D eigenvalue weighted by molar-refractivity contribution is -0.126. The molecule has 1 aromatic rings. The highest BCUT2D eigenvalue weighted by molar-refractivity contribution is 7.88. The number of amides is 1. The Morgan fingerprint density at radius 2 is 2.20 bits per heavy atom.